The number of aliphatic hydroxyl groups is 1. The third-order valence-electron chi connectivity index (χ3n) is 5.49. The van der Waals surface area contributed by atoms with E-state index in [-0.39, 0.29) is 18.5 Å². The van der Waals surface area contributed by atoms with Gasteiger partial charge in [-0.3, -0.25) is 4.79 Å². The predicted molar refractivity (Wildman–Crippen MR) is 148 cm³/mol. The summed E-state index contributed by atoms with van der Waals surface area (Å²) in [6.45, 7) is 18.7. The van der Waals surface area contributed by atoms with Crippen molar-refractivity contribution in [3.8, 4) is 0 Å². The highest BCUT2D eigenvalue weighted by Gasteiger charge is 2.42. The van der Waals surface area contributed by atoms with Crippen LogP contribution in [-0.2, 0) is 32.0 Å². The minimum atomic E-state index is -2.44. The summed E-state index contributed by atoms with van der Waals surface area (Å²) in [6.07, 6.45) is 3.33. The van der Waals surface area contributed by atoms with Crippen LogP contribution in [0, 0.1) is 5.92 Å². The number of esters is 1. The van der Waals surface area contributed by atoms with Crippen molar-refractivity contribution in [2.75, 3.05) is 53.4 Å². The molecule has 11 heteroatoms. The molecule has 0 radical (unpaired) electrons. The fraction of sp³-hybridized carbons (Fsp3) is 0.958. The van der Waals surface area contributed by atoms with Gasteiger partial charge in [-0.25, -0.2) is 0 Å². The van der Waals surface area contributed by atoms with E-state index in [1.165, 1.54) is 0 Å². The first-order valence-corrected chi connectivity index (χ1v) is 21.9. The minimum absolute atomic E-state index is 0.0993. The Morgan fingerprint density at radius 3 is 1.71 bits per heavy atom. The van der Waals surface area contributed by atoms with Crippen molar-refractivity contribution >= 4 is 31.2 Å². The second-order valence-electron chi connectivity index (χ2n) is 10.8. The lowest BCUT2D eigenvalue weighted by Gasteiger charge is -2.41. The highest BCUT2D eigenvalue weighted by atomic mass is 28.5. The molecule has 0 aliphatic rings. The van der Waals surface area contributed by atoms with E-state index in [0.717, 1.165) is 44.0 Å². The molecule has 0 heterocycles. The van der Waals surface area contributed by atoms with Crippen LogP contribution in [0.4, 0.5) is 0 Å². The maximum atomic E-state index is 11.7. The summed E-state index contributed by atoms with van der Waals surface area (Å²) in [5.41, 5.74) is 0. The van der Waals surface area contributed by atoms with Crippen LogP contribution in [0.25, 0.3) is 0 Å². The molecule has 0 aliphatic heterocycles. The van der Waals surface area contributed by atoms with E-state index < -0.39 is 25.2 Å². The summed E-state index contributed by atoms with van der Waals surface area (Å²) in [4.78, 5) is 11.7. The SMILES string of the molecule is COCCOCCC[Si](C)(C)O[Si](C)(CCCOCCCO)O[Si](C)(C)CCCOC(=O)C(C)C. The second-order valence-corrected chi connectivity index (χ2v) is 23.2. The van der Waals surface area contributed by atoms with Crippen molar-refractivity contribution in [2.24, 2.45) is 5.92 Å². The monoisotopic (exact) mass is 554 g/mol. The zero-order valence-electron chi connectivity index (χ0n) is 23.8. The van der Waals surface area contributed by atoms with Crippen molar-refractivity contribution in [1.29, 1.82) is 0 Å². The summed E-state index contributed by atoms with van der Waals surface area (Å²) in [6, 6.07) is 2.82. The van der Waals surface area contributed by atoms with Gasteiger partial charge in [-0.05, 0) is 76.6 Å². The van der Waals surface area contributed by atoms with Gasteiger partial charge in [0.25, 0.3) is 0 Å². The van der Waals surface area contributed by atoms with Gasteiger partial charge in [0.15, 0.2) is 16.6 Å². The molecular formula is C24H54O8Si3. The molecule has 1 unspecified atom stereocenters. The van der Waals surface area contributed by atoms with Crippen molar-refractivity contribution in [3.63, 3.8) is 0 Å². The van der Waals surface area contributed by atoms with Gasteiger partial charge in [0, 0.05) is 33.5 Å². The number of carbonyl (C=O) groups is 1. The smallest absolute Gasteiger partial charge is 0.314 e. The van der Waals surface area contributed by atoms with E-state index in [9.17, 15) is 4.79 Å². The van der Waals surface area contributed by atoms with Crippen molar-refractivity contribution in [2.45, 2.75) is 90.4 Å². The number of carbonyl (C=O) groups excluding carboxylic acids is 1. The predicted octanol–water partition coefficient (Wildman–Crippen LogP) is 4.93. The Bertz CT molecular complexity index is 549. The standard InChI is InChI=1S/C24H54O8Si3/c1-23(2)24(26)30-17-12-21-34(6,7)32-35(8,22-11-16-28-14-9-13-25)31-33(4,5)20-10-15-29-19-18-27-3/h23,25H,9-22H2,1-8H3. The van der Waals surface area contributed by atoms with Gasteiger partial charge in [-0.2, -0.15) is 0 Å². The molecule has 210 valence electrons. The lowest BCUT2D eigenvalue weighted by Crippen LogP contribution is -2.54. The molecule has 0 rings (SSSR count). The zero-order valence-corrected chi connectivity index (χ0v) is 26.8. The van der Waals surface area contributed by atoms with E-state index in [0.29, 0.717) is 39.5 Å². The molecule has 0 amide bonds. The first kappa shape index (κ1) is 34.9. The summed E-state index contributed by atoms with van der Waals surface area (Å²) < 4.78 is 35.5. The van der Waals surface area contributed by atoms with Crippen molar-refractivity contribution < 1.29 is 37.1 Å². The second kappa shape index (κ2) is 19.0. The molecule has 0 aromatic heterocycles. The first-order valence-electron chi connectivity index (χ1n) is 13.2. The van der Waals surface area contributed by atoms with Crippen molar-refractivity contribution in [1.82, 2.24) is 0 Å². The number of aliphatic hydroxyl groups excluding tert-OH is 1. The molecule has 0 aromatic rings. The van der Waals surface area contributed by atoms with Gasteiger partial charge >= 0.3 is 14.5 Å². The largest absolute Gasteiger partial charge is 0.465 e. The third-order valence-corrected chi connectivity index (χ3v) is 17.7. The fourth-order valence-corrected chi connectivity index (χ4v) is 18.1. The van der Waals surface area contributed by atoms with Crippen LogP contribution in [0.3, 0.4) is 0 Å². The Balaban J connectivity index is 4.91. The van der Waals surface area contributed by atoms with Crippen LogP contribution in [0.1, 0.15) is 39.5 Å². The molecule has 1 N–H and O–H groups in total. The lowest BCUT2D eigenvalue weighted by molar-refractivity contribution is -0.147. The van der Waals surface area contributed by atoms with E-state index in [2.05, 4.69) is 32.7 Å². The van der Waals surface area contributed by atoms with Gasteiger partial charge in [0.2, 0.25) is 0 Å². The molecule has 0 spiro atoms. The van der Waals surface area contributed by atoms with Crippen LogP contribution in [0.5, 0.6) is 0 Å². The topological polar surface area (TPSA) is 92.7 Å². The summed E-state index contributed by atoms with van der Waals surface area (Å²) in [7, 11) is -4.73. The maximum Gasteiger partial charge on any atom is 0.314 e. The van der Waals surface area contributed by atoms with E-state index in [4.69, 9.17) is 32.3 Å². The van der Waals surface area contributed by atoms with Crippen LogP contribution in [0.2, 0.25) is 50.9 Å². The number of hydrogen-bond donors (Lipinski definition) is 1. The van der Waals surface area contributed by atoms with Gasteiger partial charge in [-0.1, -0.05) is 13.8 Å². The molecule has 0 saturated carbocycles. The van der Waals surface area contributed by atoms with E-state index in [1.54, 1.807) is 7.11 Å². The first-order chi connectivity index (χ1) is 16.4. The van der Waals surface area contributed by atoms with Gasteiger partial charge < -0.3 is 32.3 Å². The van der Waals surface area contributed by atoms with Crippen LogP contribution < -0.4 is 0 Å². The Hall–Kier alpha value is -0.119. The number of ether oxygens (including phenoxy) is 4. The Labute approximate surface area is 217 Å². The highest BCUT2D eigenvalue weighted by molar-refractivity contribution is 6.88. The average molecular weight is 555 g/mol. The number of hydrogen-bond acceptors (Lipinski definition) is 8. The van der Waals surface area contributed by atoms with Gasteiger partial charge in [0.05, 0.1) is 25.7 Å². The minimum Gasteiger partial charge on any atom is -0.465 e. The normalized spacial score (nSPS) is 14.3. The van der Waals surface area contributed by atoms with Gasteiger partial charge in [-0.15, -0.1) is 0 Å². The Morgan fingerprint density at radius 1 is 0.714 bits per heavy atom. The highest BCUT2D eigenvalue weighted by Crippen LogP contribution is 2.29. The molecule has 35 heavy (non-hydrogen) atoms. The van der Waals surface area contributed by atoms with Crippen LogP contribution in [0.15, 0.2) is 0 Å². The third kappa shape index (κ3) is 19.6. The molecular weight excluding hydrogens is 501 g/mol. The molecule has 8 nitrogen and oxygen atoms in total. The summed E-state index contributed by atoms with van der Waals surface area (Å²) >= 11 is 0. The lowest BCUT2D eigenvalue weighted by atomic mass is 10.2. The molecule has 0 fully saturated rings. The molecule has 0 bridgehead atoms. The molecule has 0 aromatic carbocycles. The molecule has 0 aliphatic carbocycles. The summed E-state index contributed by atoms with van der Waals surface area (Å²) in [5, 5.41) is 8.94. The van der Waals surface area contributed by atoms with E-state index in [1.807, 2.05) is 13.8 Å². The zero-order chi connectivity index (χ0) is 26.8. The van der Waals surface area contributed by atoms with Gasteiger partial charge in [0.1, 0.15) is 0 Å². The molecule has 1 atom stereocenters. The van der Waals surface area contributed by atoms with Crippen molar-refractivity contribution in [3.05, 3.63) is 0 Å². The Morgan fingerprint density at radius 2 is 1.20 bits per heavy atom. The maximum absolute atomic E-state index is 11.7. The van der Waals surface area contributed by atoms with Crippen LogP contribution in [-0.4, -0.2) is 89.6 Å². The number of rotatable bonds is 23. The average Bonchev–Trinajstić information content (AvgIpc) is 2.75. The summed E-state index contributed by atoms with van der Waals surface area (Å²) in [5.74, 6) is -0.245. The fourth-order valence-electron chi connectivity index (χ4n) is 3.84. The van der Waals surface area contributed by atoms with Crippen LogP contribution >= 0.6 is 0 Å². The van der Waals surface area contributed by atoms with E-state index >= 15 is 0 Å². The quantitative estimate of drug-likeness (QED) is 0.108. The molecule has 0 saturated heterocycles. The number of methoxy groups -OCH3 is 1. The Kier molecular flexibility index (Phi) is 19.0.